The molecule has 0 spiro atoms. The summed E-state index contributed by atoms with van der Waals surface area (Å²) in [6, 6.07) is 12.9. The van der Waals surface area contributed by atoms with Crippen molar-refractivity contribution in [3.05, 3.63) is 69.2 Å². The van der Waals surface area contributed by atoms with Crippen molar-refractivity contribution in [1.29, 1.82) is 0 Å². The van der Waals surface area contributed by atoms with E-state index in [0.717, 1.165) is 27.7 Å². The smallest absolute Gasteiger partial charge is 0.238 e. The van der Waals surface area contributed by atoms with Gasteiger partial charge in [0, 0.05) is 0 Å². The molecule has 0 amide bonds. The summed E-state index contributed by atoms with van der Waals surface area (Å²) < 4.78 is 24.3. The van der Waals surface area contributed by atoms with Crippen LogP contribution >= 0.6 is 23.2 Å². The van der Waals surface area contributed by atoms with Gasteiger partial charge in [0.2, 0.25) is 10.0 Å². The molecule has 4 aromatic rings. The monoisotopic (exact) mass is 459 g/mol. The molecule has 0 saturated carbocycles. The first kappa shape index (κ1) is 20.9. The van der Waals surface area contributed by atoms with Gasteiger partial charge in [-0.25, -0.2) is 18.5 Å². The number of benzene rings is 3. The average Bonchev–Trinajstić information content (AvgIpc) is 3.02. The Hall–Kier alpha value is -2.38. The molecular weight excluding hydrogens is 441 g/mol. The van der Waals surface area contributed by atoms with E-state index in [1.807, 2.05) is 31.2 Å². The quantitative estimate of drug-likeness (QED) is 0.406. The lowest BCUT2D eigenvalue weighted by atomic mass is 9.93. The highest BCUT2D eigenvalue weighted by molar-refractivity contribution is 7.89. The first-order valence-corrected chi connectivity index (χ1v) is 11.5. The number of imidazole rings is 1. The Morgan fingerprint density at radius 3 is 2.23 bits per heavy atom. The third-order valence-electron chi connectivity index (χ3n) is 5.16. The van der Waals surface area contributed by atoms with E-state index >= 15 is 0 Å². The summed E-state index contributed by atoms with van der Waals surface area (Å²) in [5.74, 6) is 0.570. The predicted octanol–water partition coefficient (Wildman–Crippen LogP) is 5.78. The molecule has 0 aliphatic rings. The van der Waals surface area contributed by atoms with E-state index in [1.54, 1.807) is 32.0 Å². The second kappa shape index (κ2) is 7.39. The Bertz CT molecular complexity index is 1410. The van der Waals surface area contributed by atoms with Gasteiger partial charge in [0.15, 0.2) is 0 Å². The van der Waals surface area contributed by atoms with Crippen molar-refractivity contribution < 1.29 is 8.42 Å². The number of aryl methyl sites for hydroxylation is 2. The molecule has 0 fully saturated rings. The number of H-pyrrole nitrogens is 1. The van der Waals surface area contributed by atoms with Crippen molar-refractivity contribution in [2.75, 3.05) is 0 Å². The van der Waals surface area contributed by atoms with Crippen LogP contribution in [0.5, 0.6) is 0 Å². The van der Waals surface area contributed by atoms with Gasteiger partial charge in [0.05, 0.1) is 31.5 Å². The molecule has 3 N–H and O–H groups in total. The number of nitrogens with two attached hydrogens (primary N) is 1. The van der Waals surface area contributed by atoms with Crippen molar-refractivity contribution in [2.45, 2.75) is 25.7 Å². The molecular formula is C22H19Cl2N3O2S. The van der Waals surface area contributed by atoms with Gasteiger partial charge in [-0.1, -0.05) is 41.4 Å². The topological polar surface area (TPSA) is 88.8 Å². The fraction of sp³-hybridized carbons (Fsp3) is 0.136. The number of fused-ring (bicyclic) bond motifs is 1. The highest BCUT2D eigenvalue weighted by Crippen LogP contribution is 2.37. The summed E-state index contributed by atoms with van der Waals surface area (Å²) in [6.45, 7) is 5.48. The fourth-order valence-corrected chi connectivity index (χ4v) is 5.67. The van der Waals surface area contributed by atoms with Crippen LogP contribution in [0.1, 0.15) is 16.7 Å². The van der Waals surface area contributed by atoms with Gasteiger partial charge in [-0.05, 0) is 72.9 Å². The van der Waals surface area contributed by atoms with E-state index in [4.69, 9.17) is 28.3 Å². The molecule has 154 valence electrons. The van der Waals surface area contributed by atoms with Crippen LogP contribution in [0.15, 0.2) is 47.4 Å². The van der Waals surface area contributed by atoms with Crippen LogP contribution in [0.4, 0.5) is 0 Å². The zero-order valence-electron chi connectivity index (χ0n) is 16.5. The number of nitrogens with zero attached hydrogens (tertiary/aromatic N) is 1. The molecule has 3 aromatic carbocycles. The minimum atomic E-state index is -3.84. The number of hydrogen-bond acceptors (Lipinski definition) is 3. The Morgan fingerprint density at radius 1 is 0.933 bits per heavy atom. The van der Waals surface area contributed by atoms with Crippen LogP contribution in [-0.2, 0) is 10.0 Å². The maximum Gasteiger partial charge on any atom is 0.238 e. The van der Waals surface area contributed by atoms with Crippen LogP contribution < -0.4 is 5.14 Å². The summed E-state index contributed by atoms with van der Waals surface area (Å²) in [7, 11) is -3.84. The Morgan fingerprint density at radius 2 is 1.60 bits per heavy atom. The summed E-state index contributed by atoms with van der Waals surface area (Å²) in [4.78, 5) is 8.05. The van der Waals surface area contributed by atoms with Crippen molar-refractivity contribution in [2.24, 2.45) is 5.14 Å². The summed E-state index contributed by atoms with van der Waals surface area (Å²) in [5.41, 5.74) is 6.09. The van der Waals surface area contributed by atoms with Crippen molar-refractivity contribution in [3.8, 4) is 22.5 Å². The molecule has 0 unspecified atom stereocenters. The van der Waals surface area contributed by atoms with Gasteiger partial charge in [0.25, 0.3) is 0 Å². The Balaban J connectivity index is 1.92. The molecule has 0 aliphatic carbocycles. The zero-order valence-corrected chi connectivity index (χ0v) is 18.9. The number of rotatable bonds is 3. The van der Waals surface area contributed by atoms with Gasteiger partial charge < -0.3 is 4.98 Å². The van der Waals surface area contributed by atoms with Gasteiger partial charge in [-0.2, -0.15) is 0 Å². The molecule has 8 heteroatoms. The van der Waals surface area contributed by atoms with Crippen LogP contribution in [0.25, 0.3) is 33.5 Å². The molecule has 1 aromatic heterocycles. The molecule has 30 heavy (non-hydrogen) atoms. The van der Waals surface area contributed by atoms with Gasteiger partial charge >= 0.3 is 0 Å². The second-order valence-corrected chi connectivity index (χ2v) is 9.61. The number of halogens is 2. The van der Waals surface area contributed by atoms with Crippen molar-refractivity contribution in [1.82, 2.24) is 9.97 Å². The Labute approximate surface area is 184 Å². The highest BCUT2D eigenvalue weighted by atomic mass is 35.5. The summed E-state index contributed by atoms with van der Waals surface area (Å²) in [6.07, 6.45) is 0. The van der Waals surface area contributed by atoms with E-state index in [1.165, 1.54) is 0 Å². The lowest BCUT2D eigenvalue weighted by Gasteiger charge is -2.16. The highest BCUT2D eigenvalue weighted by Gasteiger charge is 2.21. The maximum atomic E-state index is 12.1. The summed E-state index contributed by atoms with van der Waals surface area (Å²) >= 11 is 12.6. The third-order valence-corrected chi connectivity index (χ3v) is 6.98. The molecule has 0 radical (unpaired) electrons. The van der Waals surface area contributed by atoms with Crippen LogP contribution in [0, 0.1) is 20.8 Å². The normalized spacial score (nSPS) is 11.9. The lowest BCUT2D eigenvalue weighted by molar-refractivity contribution is 0.596. The van der Waals surface area contributed by atoms with E-state index in [9.17, 15) is 8.42 Å². The van der Waals surface area contributed by atoms with Gasteiger partial charge in [0.1, 0.15) is 5.82 Å². The third kappa shape index (κ3) is 3.50. The van der Waals surface area contributed by atoms with Crippen LogP contribution in [0.3, 0.4) is 0 Å². The Kier molecular flexibility index (Phi) is 5.14. The fourth-order valence-electron chi connectivity index (χ4n) is 4.06. The minimum Gasteiger partial charge on any atom is -0.338 e. The number of nitrogens with one attached hydrogen (secondary N) is 1. The van der Waals surface area contributed by atoms with Crippen molar-refractivity contribution >= 4 is 44.3 Å². The molecule has 0 saturated heterocycles. The zero-order chi connectivity index (χ0) is 21.8. The van der Waals surface area contributed by atoms with E-state index in [2.05, 4.69) is 9.97 Å². The van der Waals surface area contributed by atoms with Gasteiger partial charge in [-0.3, -0.25) is 0 Å². The van der Waals surface area contributed by atoms with E-state index < -0.39 is 10.0 Å². The number of aromatic nitrogens is 2. The minimum absolute atomic E-state index is 0.163. The number of hydrogen-bond donors (Lipinski definition) is 2. The molecule has 1 heterocycles. The average molecular weight is 460 g/mol. The van der Waals surface area contributed by atoms with Gasteiger partial charge in [-0.15, -0.1) is 0 Å². The second-order valence-electron chi connectivity index (χ2n) is 7.30. The molecule has 0 aliphatic heterocycles. The van der Waals surface area contributed by atoms with Crippen LogP contribution in [-0.4, -0.2) is 18.4 Å². The van der Waals surface area contributed by atoms with E-state index in [0.29, 0.717) is 32.6 Å². The lowest BCUT2D eigenvalue weighted by Crippen LogP contribution is -2.16. The standard InChI is InChI=1S/C22H19Cl2N3O2S/c1-11-9-12(2)21(30(25,28)29)13(3)19(11)14-7-8-17-18(10-14)27-22(26-17)20-15(23)5-4-6-16(20)24/h4-10H,1-3H3,(H,26,27)(H2,25,28,29). The molecule has 4 rings (SSSR count). The van der Waals surface area contributed by atoms with Crippen molar-refractivity contribution in [3.63, 3.8) is 0 Å². The molecule has 5 nitrogen and oxygen atoms in total. The predicted molar refractivity (Wildman–Crippen MR) is 123 cm³/mol. The number of aromatic amines is 1. The van der Waals surface area contributed by atoms with Crippen LogP contribution in [0.2, 0.25) is 10.0 Å². The first-order valence-electron chi connectivity index (χ1n) is 9.16. The summed E-state index contributed by atoms with van der Waals surface area (Å²) in [5, 5.41) is 6.48. The van der Waals surface area contributed by atoms with E-state index in [-0.39, 0.29) is 4.90 Å². The number of sulfonamides is 1. The molecule has 0 atom stereocenters. The maximum absolute atomic E-state index is 12.1. The largest absolute Gasteiger partial charge is 0.338 e. The molecule has 0 bridgehead atoms. The number of primary sulfonamides is 1. The first-order chi connectivity index (χ1) is 14.1. The SMILES string of the molecule is Cc1cc(C)c(S(N)(=O)=O)c(C)c1-c1ccc2nc(-c3c(Cl)cccc3Cl)[nH]c2c1.